The number of amides is 2. The predicted octanol–water partition coefficient (Wildman–Crippen LogP) is 3.82. The van der Waals surface area contributed by atoms with E-state index in [4.69, 9.17) is 4.84 Å². The molecule has 0 saturated carbocycles. The van der Waals surface area contributed by atoms with Gasteiger partial charge in [0.1, 0.15) is 16.7 Å². The second-order valence-electron chi connectivity index (χ2n) is 14.2. The number of hydrogen-bond acceptors (Lipinski definition) is 8. The number of nitrogens with zero attached hydrogens (tertiary/aromatic N) is 3. The van der Waals surface area contributed by atoms with Crippen LogP contribution in [-0.2, 0) is 40.2 Å². The zero-order chi connectivity index (χ0) is 37.1. The van der Waals surface area contributed by atoms with Gasteiger partial charge in [-0.3, -0.25) is 9.59 Å². The van der Waals surface area contributed by atoms with Crippen LogP contribution in [0.15, 0.2) is 89.5 Å². The van der Waals surface area contributed by atoms with Gasteiger partial charge < -0.3 is 14.3 Å². The van der Waals surface area contributed by atoms with Crippen molar-refractivity contribution in [1.29, 1.82) is 0 Å². The molecule has 0 aromatic heterocycles. The average Bonchev–Trinajstić information content (AvgIpc) is 3.58. The number of anilines is 1. The van der Waals surface area contributed by atoms with Gasteiger partial charge in [0, 0.05) is 66.7 Å². The molecule has 270 valence electrons. The standard InChI is InChI=1S/C40H47N3O7S.K/c1-7-41-32-21-19-28(2)26-30(32)39(3,4)34(41)16-12-9-8-10-13-17-35-40(5,6)31-27-29(51(47,48)49)20-22-33(31)42(35)25-15-11-14-18-38(46)50-43-36(44)23-24-37(43)45;/h8-10,12-13,16-17,19-22,26-27H,7,11,14-15,18,23-25H2,1-6H3;/q;+1. The molecule has 3 aliphatic rings. The van der Waals surface area contributed by atoms with Crippen molar-refractivity contribution in [2.75, 3.05) is 18.0 Å². The Kier molecular flexibility index (Phi) is 13.7. The Labute approximate surface area is 350 Å². The number of hydroxylamine groups is 2. The first-order valence-electron chi connectivity index (χ1n) is 17.5. The number of carbonyl (C=O) groups is 3. The van der Waals surface area contributed by atoms with E-state index in [1.165, 1.54) is 34.6 Å². The van der Waals surface area contributed by atoms with Crippen LogP contribution < -0.4 is 56.3 Å². The molecule has 2 amide bonds. The van der Waals surface area contributed by atoms with Gasteiger partial charge in [-0.1, -0.05) is 61.9 Å². The molecule has 12 heteroatoms. The molecule has 0 spiro atoms. The number of aryl methyl sites for hydroxylation is 1. The minimum atomic E-state index is -4.64. The monoisotopic (exact) mass is 752 g/mol. The summed E-state index contributed by atoms with van der Waals surface area (Å²) in [5, 5.41) is 0.563. The molecule has 2 aromatic rings. The molecule has 10 nitrogen and oxygen atoms in total. The van der Waals surface area contributed by atoms with E-state index in [2.05, 4.69) is 67.5 Å². The Bertz CT molecular complexity index is 1990. The normalized spacial score (nSPS) is 18.7. The molecule has 2 aromatic carbocycles. The zero-order valence-corrected chi connectivity index (χ0v) is 35.2. The molecule has 0 bridgehead atoms. The quantitative estimate of drug-likeness (QED) is 0.0756. The molecule has 0 radical (unpaired) electrons. The van der Waals surface area contributed by atoms with Gasteiger partial charge in [-0.15, -0.1) is 5.06 Å². The van der Waals surface area contributed by atoms with Crippen LogP contribution in [-0.4, -0.2) is 59.2 Å². The summed E-state index contributed by atoms with van der Waals surface area (Å²) < 4.78 is 37.8. The van der Waals surface area contributed by atoms with E-state index in [0.717, 1.165) is 23.5 Å². The van der Waals surface area contributed by atoms with E-state index in [0.29, 0.717) is 30.9 Å². The van der Waals surface area contributed by atoms with E-state index >= 15 is 0 Å². The largest absolute Gasteiger partial charge is 1.00 e. The van der Waals surface area contributed by atoms with Crippen LogP contribution in [0, 0.1) is 6.92 Å². The molecule has 0 unspecified atom stereocenters. The van der Waals surface area contributed by atoms with Crippen molar-refractivity contribution in [2.24, 2.45) is 0 Å². The van der Waals surface area contributed by atoms with Crippen molar-refractivity contribution < 1.29 is 88.2 Å². The zero-order valence-electron chi connectivity index (χ0n) is 31.3. The molecular weight excluding hydrogens is 706 g/mol. The van der Waals surface area contributed by atoms with Gasteiger partial charge >= 0.3 is 57.4 Å². The van der Waals surface area contributed by atoms with Gasteiger partial charge in [-0.2, -0.15) is 4.58 Å². The topological polar surface area (TPSA) is 127 Å². The van der Waals surface area contributed by atoms with Crippen LogP contribution >= 0.6 is 0 Å². The summed E-state index contributed by atoms with van der Waals surface area (Å²) in [4.78, 5) is 42.8. The number of imide groups is 1. The Balaban J connectivity index is 0.00000605. The number of fused-ring (bicyclic) bond motifs is 2. The molecule has 1 saturated heterocycles. The molecule has 0 atom stereocenters. The van der Waals surface area contributed by atoms with E-state index in [9.17, 15) is 27.4 Å². The van der Waals surface area contributed by atoms with E-state index in [1.54, 1.807) is 6.07 Å². The Morgan fingerprint density at radius 2 is 1.58 bits per heavy atom. The van der Waals surface area contributed by atoms with Gasteiger partial charge in [0.05, 0.1) is 10.3 Å². The molecule has 3 aliphatic heterocycles. The van der Waals surface area contributed by atoms with E-state index < -0.39 is 33.3 Å². The van der Waals surface area contributed by atoms with E-state index in [1.807, 2.05) is 44.2 Å². The maximum Gasteiger partial charge on any atom is 1.00 e. The minimum absolute atomic E-state index is 0. The smallest absolute Gasteiger partial charge is 0.744 e. The average molecular weight is 753 g/mol. The van der Waals surface area contributed by atoms with Crippen molar-refractivity contribution >= 4 is 45.0 Å². The second-order valence-corrected chi connectivity index (χ2v) is 15.6. The van der Waals surface area contributed by atoms with Crippen LogP contribution in [0.1, 0.15) is 89.8 Å². The van der Waals surface area contributed by atoms with Crippen molar-refractivity contribution in [3.63, 3.8) is 0 Å². The summed E-state index contributed by atoms with van der Waals surface area (Å²) >= 11 is 0. The molecule has 3 heterocycles. The maximum atomic E-state index is 12.2. The molecule has 0 aliphatic carbocycles. The van der Waals surface area contributed by atoms with Gasteiger partial charge in [0.25, 0.3) is 11.8 Å². The fraction of sp³-hybridized carbons (Fsp3) is 0.400. The number of benzene rings is 2. The molecule has 0 N–H and O–H groups in total. The number of carbonyl (C=O) groups excluding carboxylic acids is 3. The Morgan fingerprint density at radius 1 is 0.904 bits per heavy atom. The van der Waals surface area contributed by atoms with Crippen molar-refractivity contribution in [3.05, 3.63) is 101 Å². The second kappa shape index (κ2) is 17.0. The summed E-state index contributed by atoms with van der Waals surface area (Å²) in [6.07, 6.45) is 16.1. The fourth-order valence-corrected chi connectivity index (χ4v) is 7.69. The summed E-state index contributed by atoms with van der Waals surface area (Å²) in [6, 6.07) is 11.1. The Hall–Kier alpha value is -2.97. The number of allylic oxidation sites excluding steroid dienone is 8. The Morgan fingerprint density at radius 3 is 2.25 bits per heavy atom. The summed E-state index contributed by atoms with van der Waals surface area (Å²) in [6.45, 7) is 14.3. The third-order valence-corrected chi connectivity index (χ3v) is 10.8. The number of likely N-dealkylation sites (N-methyl/N-ethyl adjacent to an activating group) is 1. The predicted molar refractivity (Wildman–Crippen MR) is 196 cm³/mol. The summed E-state index contributed by atoms with van der Waals surface area (Å²) in [7, 11) is -4.64. The first-order chi connectivity index (χ1) is 24.1. The third kappa shape index (κ3) is 8.86. The van der Waals surface area contributed by atoms with Gasteiger partial charge in [-0.25, -0.2) is 13.2 Å². The summed E-state index contributed by atoms with van der Waals surface area (Å²) in [5.41, 5.74) is 6.89. The van der Waals surface area contributed by atoms with Crippen molar-refractivity contribution in [2.45, 2.75) is 95.8 Å². The van der Waals surface area contributed by atoms with Crippen molar-refractivity contribution in [3.8, 4) is 0 Å². The number of rotatable bonds is 13. The fourth-order valence-electron chi connectivity index (χ4n) is 7.19. The molecule has 1 fully saturated rings. The van der Waals surface area contributed by atoms with Crippen LogP contribution in [0.25, 0.3) is 0 Å². The van der Waals surface area contributed by atoms with Crippen LogP contribution in [0.4, 0.5) is 11.4 Å². The SMILES string of the molecule is CCN1C(=CC=CC=CC=CC2=[N+](CCCCCC(=O)ON3C(=O)CCC3=O)c3ccc(S(=O)(=O)[O-])cc3C2(C)C)C(C)(C)c2cc(C)ccc21.[K+]. The first-order valence-corrected chi connectivity index (χ1v) is 18.9. The van der Waals surface area contributed by atoms with Crippen LogP contribution in [0.5, 0.6) is 0 Å². The number of hydrogen-bond donors (Lipinski definition) is 0. The van der Waals surface area contributed by atoms with Crippen LogP contribution in [0.2, 0.25) is 0 Å². The van der Waals surface area contributed by atoms with Crippen molar-refractivity contribution in [1.82, 2.24) is 5.06 Å². The third-order valence-electron chi connectivity index (χ3n) is 9.93. The van der Waals surface area contributed by atoms with Gasteiger partial charge in [-0.05, 0) is 70.4 Å². The molecule has 5 rings (SSSR count). The molecular formula is C40H47KN3O7S+. The maximum absolute atomic E-state index is 12.2. The van der Waals surface area contributed by atoms with Gasteiger partial charge in [0.15, 0.2) is 5.71 Å². The summed E-state index contributed by atoms with van der Waals surface area (Å²) in [5.74, 6) is -1.64. The molecule has 52 heavy (non-hydrogen) atoms. The van der Waals surface area contributed by atoms with Gasteiger partial charge in [0.2, 0.25) is 5.69 Å². The van der Waals surface area contributed by atoms with Crippen LogP contribution in [0.3, 0.4) is 0 Å². The number of unbranched alkanes of at least 4 members (excludes halogenated alkanes) is 2. The van der Waals surface area contributed by atoms with E-state index in [-0.39, 0.29) is 81.0 Å². The minimum Gasteiger partial charge on any atom is -0.744 e. The first kappa shape index (κ1) is 41.8.